The molecule has 1 heterocycles. The van der Waals surface area contributed by atoms with Crippen molar-refractivity contribution in [2.45, 2.75) is 24.9 Å². The highest BCUT2D eigenvalue weighted by Crippen LogP contribution is 2.37. The second-order valence-electron chi connectivity index (χ2n) is 4.91. The molecule has 4 nitrogen and oxygen atoms in total. The molecule has 18 heavy (non-hydrogen) atoms. The first-order chi connectivity index (χ1) is 8.79. The second-order valence-corrected chi connectivity index (χ2v) is 4.91. The summed E-state index contributed by atoms with van der Waals surface area (Å²) in [6.45, 7) is 0.583. The number of hydrogen-bond donors (Lipinski definition) is 1. The first-order valence-electron chi connectivity index (χ1n) is 6.35. The van der Waals surface area contributed by atoms with Gasteiger partial charge in [0.1, 0.15) is 18.4 Å². The van der Waals surface area contributed by atoms with Crippen LogP contribution in [-0.2, 0) is 9.53 Å². The minimum absolute atomic E-state index is 0.0888. The number of rotatable bonds is 4. The molecular formula is C14H17NO3. The van der Waals surface area contributed by atoms with E-state index in [2.05, 4.69) is 5.32 Å². The fourth-order valence-corrected chi connectivity index (χ4v) is 2.47. The molecule has 0 radical (unpaired) electrons. The van der Waals surface area contributed by atoms with Crippen LogP contribution in [0.1, 0.15) is 24.4 Å². The molecule has 4 heteroatoms. The number of carbonyl (C=O) groups excluding carboxylic acids is 1. The lowest BCUT2D eigenvalue weighted by Gasteiger charge is -2.20. The molecule has 1 aromatic rings. The normalized spacial score (nSPS) is 23.1. The molecule has 0 saturated heterocycles. The number of para-hydroxylation sites is 1. The van der Waals surface area contributed by atoms with Gasteiger partial charge in [0.05, 0.1) is 13.2 Å². The van der Waals surface area contributed by atoms with E-state index in [1.165, 1.54) is 7.11 Å². The summed E-state index contributed by atoms with van der Waals surface area (Å²) >= 11 is 0. The number of esters is 1. The van der Waals surface area contributed by atoms with Crippen LogP contribution in [0.25, 0.3) is 0 Å². The smallest absolute Gasteiger partial charge is 0.323 e. The van der Waals surface area contributed by atoms with Gasteiger partial charge in [-0.25, -0.2) is 0 Å². The maximum atomic E-state index is 11.8. The highest BCUT2D eigenvalue weighted by atomic mass is 16.5. The Morgan fingerprint density at radius 2 is 2.22 bits per heavy atom. The minimum atomic E-state index is -0.199. The Bertz CT molecular complexity index is 456. The molecule has 0 spiro atoms. The predicted octanol–water partition coefficient (Wildman–Crippen LogP) is 1.66. The summed E-state index contributed by atoms with van der Waals surface area (Å²) in [5, 5.41) is 3.39. The quantitative estimate of drug-likeness (QED) is 0.822. The van der Waals surface area contributed by atoms with Crippen molar-refractivity contribution in [1.82, 2.24) is 5.32 Å². The van der Waals surface area contributed by atoms with Crippen LogP contribution in [0.5, 0.6) is 5.75 Å². The molecule has 0 bridgehead atoms. The molecule has 1 N–H and O–H groups in total. The van der Waals surface area contributed by atoms with Crippen molar-refractivity contribution >= 4 is 5.97 Å². The van der Waals surface area contributed by atoms with E-state index in [9.17, 15) is 4.79 Å². The second kappa shape index (κ2) is 4.61. The number of benzene rings is 1. The van der Waals surface area contributed by atoms with Crippen LogP contribution >= 0.6 is 0 Å². The molecule has 96 valence electrons. The van der Waals surface area contributed by atoms with Crippen LogP contribution in [0.3, 0.4) is 0 Å². The lowest BCUT2D eigenvalue weighted by Crippen LogP contribution is -2.42. The van der Waals surface area contributed by atoms with E-state index in [1.54, 1.807) is 0 Å². The molecular weight excluding hydrogens is 230 g/mol. The monoisotopic (exact) mass is 247 g/mol. The first-order valence-corrected chi connectivity index (χ1v) is 6.35. The van der Waals surface area contributed by atoms with Crippen molar-refractivity contribution in [3.8, 4) is 5.75 Å². The number of carbonyl (C=O) groups is 1. The van der Waals surface area contributed by atoms with Crippen LogP contribution in [0.4, 0.5) is 0 Å². The lowest BCUT2D eigenvalue weighted by molar-refractivity contribution is -0.144. The molecule has 0 amide bonds. The van der Waals surface area contributed by atoms with Crippen molar-refractivity contribution in [3.63, 3.8) is 0 Å². The van der Waals surface area contributed by atoms with E-state index < -0.39 is 0 Å². The summed E-state index contributed by atoms with van der Waals surface area (Å²) < 4.78 is 10.5. The molecule has 1 aliphatic heterocycles. The molecule has 1 aliphatic carbocycles. The highest BCUT2D eigenvalue weighted by molar-refractivity contribution is 5.76. The van der Waals surface area contributed by atoms with Crippen LogP contribution < -0.4 is 10.1 Å². The highest BCUT2D eigenvalue weighted by Gasteiger charge is 2.39. The van der Waals surface area contributed by atoms with Crippen molar-refractivity contribution < 1.29 is 14.3 Å². The summed E-state index contributed by atoms with van der Waals surface area (Å²) in [5.74, 6) is 1.17. The number of nitrogens with one attached hydrogen (secondary N) is 1. The molecule has 1 saturated carbocycles. The van der Waals surface area contributed by atoms with Gasteiger partial charge in [0.15, 0.2) is 0 Å². The van der Waals surface area contributed by atoms with Crippen LogP contribution in [0.2, 0.25) is 0 Å². The van der Waals surface area contributed by atoms with Gasteiger partial charge in [-0.2, -0.15) is 0 Å². The average Bonchev–Trinajstić information content (AvgIpc) is 3.17. The van der Waals surface area contributed by atoms with Gasteiger partial charge >= 0.3 is 5.97 Å². The molecule has 1 fully saturated rings. The van der Waals surface area contributed by atoms with Crippen molar-refractivity contribution in [2.24, 2.45) is 5.92 Å². The third-order valence-electron chi connectivity index (χ3n) is 3.63. The summed E-state index contributed by atoms with van der Waals surface area (Å²) in [6, 6.07) is 7.84. The maximum absolute atomic E-state index is 11.8. The van der Waals surface area contributed by atoms with E-state index in [0.717, 1.165) is 24.2 Å². The number of methoxy groups -OCH3 is 1. The standard InChI is InChI=1S/C14H17NO3/c1-17-14(16)13(9-6-7-9)15-11-8-18-12-5-3-2-4-10(11)12/h2-5,9,11,13,15H,6-8H2,1H3. The van der Waals surface area contributed by atoms with Crippen LogP contribution in [0.15, 0.2) is 24.3 Å². The molecule has 2 unspecified atom stereocenters. The number of ether oxygens (including phenoxy) is 2. The van der Waals surface area contributed by atoms with E-state index >= 15 is 0 Å². The first kappa shape index (κ1) is 11.5. The van der Waals surface area contributed by atoms with E-state index in [4.69, 9.17) is 9.47 Å². The lowest BCUT2D eigenvalue weighted by atomic mass is 10.1. The third-order valence-corrected chi connectivity index (χ3v) is 3.63. The maximum Gasteiger partial charge on any atom is 0.323 e. The van der Waals surface area contributed by atoms with E-state index in [-0.39, 0.29) is 18.1 Å². The summed E-state index contributed by atoms with van der Waals surface area (Å²) in [7, 11) is 1.44. The van der Waals surface area contributed by atoms with Gasteiger partial charge in [0.2, 0.25) is 0 Å². The summed E-state index contributed by atoms with van der Waals surface area (Å²) in [5.41, 5.74) is 1.13. The molecule has 1 aromatic carbocycles. The van der Waals surface area contributed by atoms with Gasteiger partial charge in [-0.15, -0.1) is 0 Å². The Morgan fingerprint density at radius 3 is 2.94 bits per heavy atom. The molecule has 3 rings (SSSR count). The van der Waals surface area contributed by atoms with Gasteiger partial charge in [0, 0.05) is 5.56 Å². The topological polar surface area (TPSA) is 47.6 Å². The molecule has 0 aromatic heterocycles. The van der Waals surface area contributed by atoms with Crippen LogP contribution in [-0.4, -0.2) is 25.7 Å². The third kappa shape index (κ3) is 2.08. The SMILES string of the molecule is COC(=O)C(NC1COc2ccccc21)C1CC1. The van der Waals surface area contributed by atoms with E-state index in [1.807, 2.05) is 24.3 Å². The van der Waals surface area contributed by atoms with Crippen LogP contribution in [0, 0.1) is 5.92 Å². The van der Waals surface area contributed by atoms with Gasteiger partial charge < -0.3 is 9.47 Å². The Labute approximate surface area is 106 Å². The Hall–Kier alpha value is -1.55. The largest absolute Gasteiger partial charge is 0.491 e. The zero-order chi connectivity index (χ0) is 12.5. The fourth-order valence-electron chi connectivity index (χ4n) is 2.47. The fraction of sp³-hybridized carbons (Fsp3) is 0.500. The van der Waals surface area contributed by atoms with E-state index in [0.29, 0.717) is 12.5 Å². The van der Waals surface area contributed by atoms with Crippen molar-refractivity contribution in [2.75, 3.05) is 13.7 Å². The van der Waals surface area contributed by atoms with Crippen molar-refractivity contribution in [1.29, 1.82) is 0 Å². The summed E-state index contributed by atoms with van der Waals surface area (Å²) in [4.78, 5) is 11.8. The zero-order valence-corrected chi connectivity index (χ0v) is 10.4. The Kier molecular flexibility index (Phi) is 2.96. The van der Waals surface area contributed by atoms with Crippen molar-refractivity contribution in [3.05, 3.63) is 29.8 Å². The Morgan fingerprint density at radius 1 is 1.44 bits per heavy atom. The van der Waals surface area contributed by atoms with Gasteiger partial charge in [-0.3, -0.25) is 10.1 Å². The number of fused-ring (bicyclic) bond motifs is 1. The zero-order valence-electron chi connectivity index (χ0n) is 10.4. The molecule has 2 aliphatic rings. The summed E-state index contributed by atoms with van der Waals surface area (Å²) in [6.07, 6.45) is 2.20. The number of hydrogen-bond acceptors (Lipinski definition) is 4. The van der Waals surface area contributed by atoms with Gasteiger partial charge in [-0.1, -0.05) is 18.2 Å². The average molecular weight is 247 g/mol. The molecule has 2 atom stereocenters. The minimum Gasteiger partial charge on any atom is -0.491 e. The van der Waals surface area contributed by atoms with Gasteiger partial charge in [-0.05, 0) is 24.8 Å². The van der Waals surface area contributed by atoms with Gasteiger partial charge in [0.25, 0.3) is 0 Å². The predicted molar refractivity (Wildman–Crippen MR) is 66.3 cm³/mol. The Balaban J connectivity index is 1.74.